The molecular weight excluding hydrogens is 330 g/mol. The average Bonchev–Trinajstić information content (AvgIpc) is 3.15. The van der Waals surface area contributed by atoms with Crippen molar-refractivity contribution in [3.05, 3.63) is 47.9 Å². The van der Waals surface area contributed by atoms with Gasteiger partial charge in [0.1, 0.15) is 17.9 Å². The number of benzene rings is 1. The summed E-state index contributed by atoms with van der Waals surface area (Å²) in [6.45, 7) is 3.58. The zero-order chi connectivity index (χ0) is 18.1. The number of carbonyl (C=O) groups excluding carboxylic acids is 1. The van der Waals surface area contributed by atoms with Gasteiger partial charge in [-0.1, -0.05) is 0 Å². The first-order chi connectivity index (χ1) is 12.7. The van der Waals surface area contributed by atoms with Crippen molar-refractivity contribution in [3.8, 4) is 5.75 Å². The molecule has 0 atom stereocenters. The molecule has 0 amide bonds. The normalized spacial score (nSPS) is 15.4. The molecule has 1 aliphatic rings. The largest absolute Gasteiger partial charge is 0.497 e. The number of nitrogens with zero attached hydrogens (tertiary/aromatic N) is 5. The number of piperidine rings is 1. The van der Waals surface area contributed by atoms with Crippen LogP contribution in [-0.4, -0.2) is 45.6 Å². The molecule has 1 fully saturated rings. The molecule has 3 aromatic rings. The van der Waals surface area contributed by atoms with Crippen LogP contribution in [0.5, 0.6) is 5.75 Å². The van der Waals surface area contributed by atoms with Crippen LogP contribution in [-0.2, 0) is 0 Å². The van der Waals surface area contributed by atoms with E-state index in [4.69, 9.17) is 4.74 Å². The summed E-state index contributed by atoms with van der Waals surface area (Å²) in [4.78, 5) is 23.6. The molecule has 0 aliphatic carbocycles. The number of fused-ring (bicyclic) bond motifs is 1. The number of carbonyl (C=O) groups is 1. The van der Waals surface area contributed by atoms with Crippen molar-refractivity contribution in [2.75, 3.05) is 25.1 Å². The quantitative estimate of drug-likeness (QED) is 0.673. The number of ether oxygens (including phenoxy) is 1. The minimum atomic E-state index is 0.0498. The summed E-state index contributed by atoms with van der Waals surface area (Å²) < 4.78 is 6.92. The van der Waals surface area contributed by atoms with Gasteiger partial charge in [0, 0.05) is 36.3 Å². The van der Waals surface area contributed by atoms with Gasteiger partial charge in [0.05, 0.1) is 7.11 Å². The molecule has 0 radical (unpaired) electrons. The smallest absolute Gasteiger partial charge is 0.254 e. The highest BCUT2D eigenvalue weighted by Crippen LogP contribution is 2.26. The molecule has 7 nitrogen and oxygen atoms in total. The van der Waals surface area contributed by atoms with Gasteiger partial charge in [-0.25, -0.2) is 4.98 Å². The van der Waals surface area contributed by atoms with E-state index < -0.39 is 0 Å². The third-order valence-electron chi connectivity index (χ3n) is 4.93. The number of Topliss-reactive ketones (excluding diaryl/α,β-unsaturated/α-hetero) is 1. The van der Waals surface area contributed by atoms with Crippen LogP contribution >= 0.6 is 0 Å². The molecule has 4 rings (SSSR count). The second-order valence-corrected chi connectivity index (χ2v) is 6.58. The van der Waals surface area contributed by atoms with Crippen LogP contribution in [0.1, 0.15) is 28.9 Å². The molecule has 1 saturated heterocycles. The zero-order valence-corrected chi connectivity index (χ0v) is 14.9. The summed E-state index contributed by atoms with van der Waals surface area (Å²) in [7, 11) is 1.62. The third-order valence-corrected chi connectivity index (χ3v) is 4.93. The number of ketones is 1. The molecule has 0 saturated carbocycles. The van der Waals surface area contributed by atoms with Crippen LogP contribution in [0.3, 0.4) is 0 Å². The minimum absolute atomic E-state index is 0.0498. The fourth-order valence-electron chi connectivity index (χ4n) is 3.50. The Bertz CT molecular complexity index is 927. The SMILES string of the molecule is COc1ccc(C(=O)C2CCN(c3cc(C)nc4ncnn34)CC2)cc1. The van der Waals surface area contributed by atoms with E-state index in [1.807, 2.05) is 37.3 Å². The molecule has 134 valence electrons. The lowest BCUT2D eigenvalue weighted by molar-refractivity contribution is 0.0900. The fraction of sp³-hybridized carbons (Fsp3) is 0.368. The predicted octanol–water partition coefficient (Wildman–Crippen LogP) is 2.54. The van der Waals surface area contributed by atoms with E-state index in [1.165, 1.54) is 6.33 Å². The van der Waals surface area contributed by atoms with E-state index in [2.05, 4.69) is 20.0 Å². The lowest BCUT2D eigenvalue weighted by Gasteiger charge is -2.32. The second-order valence-electron chi connectivity index (χ2n) is 6.58. The molecule has 0 unspecified atom stereocenters. The average molecular weight is 351 g/mol. The standard InChI is InChI=1S/C19H21N5O2/c1-13-11-17(24-19(22-13)20-12-21-24)23-9-7-15(8-10-23)18(25)14-3-5-16(26-2)6-4-14/h3-6,11-12,15H,7-10H2,1-2H3. The monoisotopic (exact) mass is 351 g/mol. The van der Waals surface area contributed by atoms with Gasteiger partial charge in [-0.2, -0.15) is 14.6 Å². The molecule has 1 aromatic carbocycles. The summed E-state index contributed by atoms with van der Waals surface area (Å²) in [5.74, 6) is 2.62. The zero-order valence-electron chi connectivity index (χ0n) is 14.9. The number of hydrogen-bond acceptors (Lipinski definition) is 6. The first-order valence-electron chi connectivity index (χ1n) is 8.76. The van der Waals surface area contributed by atoms with Crippen LogP contribution in [0, 0.1) is 12.8 Å². The van der Waals surface area contributed by atoms with E-state index >= 15 is 0 Å². The Kier molecular flexibility index (Phi) is 4.28. The van der Waals surface area contributed by atoms with Gasteiger partial charge in [-0.05, 0) is 44.0 Å². The van der Waals surface area contributed by atoms with E-state index in [1.54, 1.807) is 11.6 Å². The van der Waals surface area contributed by atoms with Crippen LogP contribution in [0.15, 0.2) is 36.7 Å². The van der Waals surface area contributed by atoms with E-state index in [9.17, 15) is 4.79 Å². The van der Waals surface area contributed by atoms with Crippen LogP contribution < -0.4 is 9.64 Å². The van der Waals surface area contributed by atoms with Gasteiger partial charge in [0.25, 0.3) is 5.78 Å². The Morgan fingerprint density at radius 1 is 1.19 bits per heavy atom. The van der Waals surface area contributed by atoms with Crippen LogP contribution in [0.4, 0.5) is 5.82 Å². The molecule has 0 bridgehead atoms. The number of methoxy groups -OCH3 is 1. The second kappa shape index (κ2) is 6.74. The number of aryl methyl sites for hydroxylation is 1. The topological polar surface area (TPSA) is 72.6 Å². The summed E-state index contributed by atoms with van der Waals surface area (Å²) in [5, 5.41) is 4.28. The van der Waals surface area contributed by atoms with Crippen molar-refractivity contribution in [2.45, 2.75) is 19.8 Å². The summed E-state index contributed by atoms with van der Waals surface area (Å²) in [5.41, 5.74) is 1.67. The molecule has 0 spiro atoms. The molecule has 3 heterocycles. The molecule has 1 aliphatic heterocycles. The Morgan fingerprint density at radius 2 is 1.92 bits per heavy atom. The molecule has 0 N–H and O–H groups in total. The maximum absolute atomic E-state index is 12.8. The van der Waals surface area contributed by atoms with Gasteiger partial charge >= 0.3 is 0 Å². The Labute approximate surface area is 151 Å². The van der Waals surface area contributed by atoms with E-state index in [0.29, 0.717) is 5.78 Å². The van der Waals surface area contributed by atoms with Crippen molar-refractivity contribution in [1.82, 2.24) is 19.6 Å². The Balaban J connectivity index is 1.48. The maximum Gasteiger partial charge on any atom is 0.254 e. The molecule has 26 heavy (non-hydrogen) atoms. The van der Waals surface area contributed by atoms with Gasteiger partial charge in [0.15, 0.2) is 5.78 Å². The van der Waals surface area contributed by atoms with E-state index in [0.717, 1.165) is 48.8 Å². The Morgan fingerprint density at radius 3 is 2.62 bits per heavy atom. The first kappa shape index (κ1) is 16.5. The maximum atomic E-state index is 12.8. The summed E-state index contributed by atoms with van der Waals surface area (Å²) >= 11 is 0. The lowest BCUT2D eigenvalue weighted by atomic mass is 9.89. The van der Waals surface area contributed by atoms with Gasteiger partial charge in [0.2, 0.25) is 0 Å². The third kappa shape index (κ3) is 3.00. The van der Waals surface area contributed by atoms with Crippen molar-refractivity contribution in [2.24, 2.45) is 5.92 Å². The Hall–Kier alpha value is -2.96. The van der Waals surface area contributed by atoms with Crippen molar-refractivity contribution in [3.63, 3.8) is 0 Å². The number of aromatic nitrogens is 4. The van der Waals surface area contributed by atoms with Gasteiger partial charge < -0.3 is 9.64 Å². The summed E-state index contributed by atoms with van der Waals surface area (Å²) in [6.07, 6.45) is 3.16. The van der Waals surface area contributed by atoms with E-state index in [-0.39, 0.29) is 11.7 Å². The molecule has 7 heteroatoms. The number of anilines is 1. The highest BCUT2D eigenvalue weighted by molar-refractivity contribution is 5.98. The van der Waals surface area contributed by atoms with Crippen LogP contribution in [0.2, 0.25) is 0 Å². The fourth-order valence-corrected chi connectivity index (χ4v) is 3.50. The number of rotatable bonds is 4. The highest BCUT2D eigenvalue weighted by atomic mass is 16.5. The van der Waals surface area contributed by atoms with Gasteiger partial charge in [-0.15, -0.1) is 0 Å². The predicted molar refractivity (Wildman–Crippen MR) is 97.8 cm³/mol. The first-order valence-corrected chi connectivity index (χ1v) is 8.76. The van der Waals surface area contributed by atoms with Crippen molar-refractivity contribution >= 4 is 17.4 Å². The molecular formula is C19H21N5O2. The lowest BCUT2D eigenvalue weighted by Crippen LogP contribution is -2.37. The van der Waals surface area contributed by atoms with Crippen molar-refractivity contribution < 1.29 is 9.53 Å². The number of hydrogen-bond donors (Lipinski definition) is 0. The summed E-state index contributed by atoms with van der Waals surface area (Å²) in [6, 6.07) is 9.39. The van der Waals surface area contributed by atoms with Crippen LogP contribution in [0.25, 0.3) is 5.78 Å². The minimum Gasteiger partial charge on any atom is -0.497 e. The van der Waals surface area contributed by atoms with Crippen molar-refractivity contribution in [1.29, 1.82) is 0 Å². The molecule has 2 aromatic heterocycles. The van der Waals surface area contributed by atoms with Gasteiger partial charge in [-0.3, -0.25) is 4.79 Å². The highest BCUT2D eigenvalue weighted by Gasteiger charge is 2.27.